The summed E-state index contributed by atoms with van der Waals surface area (Å²) in [5.41, 5.74) is 1.93. The fourth-order valence-corrected chi connectivity index (χ4v) is 5.18. The van der Waals surface area contributed by atoms with Gasteiger partial charge in [0.1, 0.15) is 0 Å². The Labute approximate surface area is 205 Å². The molecule has 0 radical (unpaired) electrons. The van der Waals surface area contributed by atoms with Crippen LogP contribution in [0.15, 0.2) is 36.4 Å². The highest BCUT2D eigenvalue weighted by Gasteiger charge is 2.33. The molecule has 0 bridgehead atoms. The molecular weight excluding hydrogens is 498 g/mol. The van der Waals surface area contributed by atoms with E-state index < -0.39 is 11.9 Å². The van der Waals surface area contributed by atoms with Gasteiger partial charge in [-0.05, 0) is 60.4 Å². The maximum atomic E-state index is 12.2. The molecule has 0 saturated carbocycles. The van der Waals surface area contributed by atoms with Crippen molar-refractivity contribution in [2.24, 2.45) is 0 Å². The van der Waals surface area contributed by atoms with Crippen LogP contribution in [0.1, 0.15) is 35.8 Å². The summed E-state index contributed by atoms with van der Waals surface area (Å²) in [5, 5.41) is 5.13. The molecular formula is C22H20Cl4N2O4. The number of halogens is 4. The molecule has 2 aliphatic rings. The summed E-state index contributed by atoms with van der Waals surface area (Å²) in [6.45, 7) is 1.87. The molecule has 170 valence electrons. The van der Waals surface area contributed by atoms with E-state index in [4.69, 9.17) is 56.1 Å². The zero-order valence-corrected chi connectivity index (χ0v) is 19.9. The van der Waals surface area contributed by atoms with Gasteiger partial charge in [0.05, 0.1) is 0 Å². The van der Waals surface area contributed by atoms with Crippen LogP contribution >= 0.6 is 46.4 Å². The zero-order valence-electron chi connectivity index (χ0n) is 16.9. The predicted molar refractivity (Wildman–Crippen MR) is 123 cm³/mol. The lowest BCUT2D eigenvalue weighted by Gasteiger charge is -2.18. The third kappa shape index (κ3) is 5.87. The van der Waals surface area contributed by atoms with Crippen LogP contribution in [0.5, 0.6) is 0 Å². The Kier molecular flexibility index (Phi) is 7.50. The van der Waals surface area contributed by atoms with Gasteiger partial charge in [0.2, 0.25) is 0 Å². The second kappa shape index (κ2) is 10.2. The molecule has 2 saturated heterocycles. The average molecular weight is 518 g/mol. The minimum Gasteiger partial charge on any atom is -0.359 e. The van der Waals surface area contributed by atoms with E-state index in [1.54, 1.807) is 12.1 Å². The Bertz CT molecular complexity index is 913. The van der Waals surface area contributed by atoms with Crippen molar-refractivity contribution in [1.82, 2.24) is 10.1 Å². The van der Waals surface area contributed by atoms with Crippen LogP contribution in [0, 0.1) is 0 Å². The number of hydrogen-bond donors (Lipinski definition) is 0. The molecule has 0 spiro atoms. The van der Waals surface area contributed by atoms with E-state index in [9.17, 15) is 9.59 Å². The summed E-state index contributed by atoms with van der Waals surface area (Å²) in [5.74, 6) is -1.91. The molecule has 32 heavy (non-hydrogen) atoms. The molecule has 2 atom stereocenters. The number of benzene rings is 2. The van der Waals surface area contributed by atoms with E-state index in [2.05, 4.69) is 0 Å². The van der Waals surface area contributed by atoms with Crippen molar-refractivity contribution < 1.29 is 19.3 Å². The van der Waals surface area contributed by atoms with Gasteiger partial charge in [0.25, 0.3) is 0 Å². The Hall–Kier alpha value is -1.54. The summed E-state index contributed by atoms with van der Waals surface area (Å²) in [4.78, 5) is 34.9. The lowest BCUT2D eigenvalue weighted by Crippen LogP contribution is -2.34. The highest BCUT2D eigenvalue weighted by Crippen LogP contribution is 2.32. The van der Waals surface area contributed by atoms with Crippen LogP contribution < -0.4 is 0 Å². The SMILES string of the molecule is O=C(ON1CCC(c2cc(Cl)cc(Cl)c2)C1)C(=O)ON1CCC(c2cc(Cl)cc(Cl)c2)C1. The largest absolute Gasteiger partial charge is 0.438 e. The smallest absolute Gasteiger partial charge is 0.359 e. The van der Waals surface area contributed by atoms with Crippen LogP contribution in [-0.2, 0) is 19.3 Å². The molecule has 6 nitrogen and oxygen atoms in total. The van der Waals surface area contributed by atoms with Gasteiger partial charge in [-0.25, -0.2) is 9.59 Å². The van der Waals surface area contributed by atoms with E-state index >= 15 is 0 Å². The average Bonchev–Trinajstić information content (AvgIpc) is 3.36. The predicted octanol–water partition coefficient (Wildman–Crippen LogP) is 5.50. The van der Waals surface area contributed by atoms with E-state index in [1.807, 2.05) is 24.3 Å². The molecule has 0 amide bonds. The van der Waals surface area contributed by atoms with Gasteiger partial charge in [0.15, 0.2) is 0 Å². The molecule has 0 N–H and O–H groups in total. The quantitative estimate of drug-likeness (QED) is 0.499. The standard InChI is InChI=1S/C22H20Cl4N2O4/c23-17-5-15(6-18(24)9-17)13-1-3-27(11-13)31-21(29)22(30)32-28-4-2-14(12-28)16-7-19(25)10-20(26)8-16/h5-10,13-14H,1-4,11-12H2. The summed E-state index contributed by atoms with van der Waals surface area (Å²) in [7, 11) is 0. The molecule has 4 rings (SSSR count). The van der Waals surface area contributed by atoms with Gasteiger partial charge in [-0.2, -0.15) is 0 Å². The van der Waals surface area contributed by atoms with Crippen LogP contribution in [0.4, 0.5) is 0 Å². The maximum absolute atomic E-state index is 12.2. The van der Waals surface area contributed by atoms with Crippen molar-refractivity contribution in [3.05, 3.63) is 67.6 Å². The number of carbonyl (C=O) groups excluding carboxylic acids is 2. The first-order valence-corrected chi connectivity index (χ1v) is 11.6. The van der Waals surface area contributed by atoms with Crippen LogP contribution in [0.25, 0.3) is 0 Å². The van der Waals surface area contributed by atoms with Gasteiger partial charge in [-0.1, -0.05) is 46.4 Å². The van der Waals surface area contributed by atoms with Crippen molar-refractivity contribution in [3.8, 4) is 0 Å². The van der Waals surface area contributed by atoms with E-state index in [0.717, 1.165) is 24.0 Å². The van der Waals surface area contributed by atoms with Crippen molar-refractivity contribution >= 4 is 58.3 Å². The fourth-order valence-electron chi connectivity index (χ4n) is 4.10. The van der Waals surface area contributed by atoms with Crippen LogP contribution in [0.3, 0.4) is 0 Å². The third-order valence-corrected chi connectivity index (χ3v) is 6.48. The number of hydrogen-bond acceptors (Lipinski definition) is 6. The highest BCUT2D eigenvalue weighted by molar-refractivity contribution is 6.35. The second-order valence-corrected chi connectivity index (χ2v) is 9.66. The molecule has 2 fully saturated rings. The Morgan fingerprint density at radius 3 is 1.34 bits per heavy atom. The first kappa shape index (κ1) is 23.6. The van der Waals surface area contributed by atoms with E-state index in [1.165, 1.54) is 10.1 Å². The summed E-state index contributed by atoms with van der Waals surface area (Å²) in [6.07, 6.45) is 1.49. The lowest BCUT2D eigenvalue weighted by atomic mass is 9.99. The molecule has 2 aromatic carbocycles. The number of carbonyl (C=O) groups is 2. The summed E-state index contributed by atoms with van der Waals surface area (Å²) >= 11 is 24.3. The highest BCUT2D eigenvalue weighted by atomic mass is 35.5. The monoisotopic (exact) mass is 516 g/mol. The third-order valence-electron chi connectivity index (χ3n) is 5.61. The number of hydroxylamine groups is 4. The van der Waals surface area contributed by atoms with Gasteiger partial charge >= 0.3 is 11.9 Å². The molecule has 2 unspecified atom stereocenters. The Morgan fingerprint density at radius 1 is 0.656 bits per heavy atom. The van der Waals surface area contributed by atoms with Gasteiger partial charge in [-0.15, -0.1) is 10.1 Å². The van der Waals surface area contributed by atoms with Gasteiger partial charge in [0, 0.05) is 58.1 Å². The topological polar surface area (TPSA) is 59.1 Å². The summed E-state index contributed by atoms with van der Waals surface area (Å²) < 4.78 is 0. The van der Waals surface area contributed by atoms with Crippen LogP contribution in [-0.4, -0.2) is 48.2 Å². The first-order chi connectivity index (χ1) is 15.3. The minimum absolute atomic E-state index is 0.0962. The lowest BCUT2D eigenvalue weighted by molar-refractivity contribution is -0.213. The minimum atomic E-state index is -1.05. The maximum Gasteiger partial charge on any atom is 0.438 e. The van der Waals surface area contributed by atoms with Gasteiger partial charge < -0.3 is 9.68 Å². The Balaban J connectivity index is 1.27. The van der Waals surface area contributed by atoms with E-state index in [0.29, 0.717) is 46.3 Å². The van der Waals surface area contributed by atoms with Crippen LogP contribution in [0.2, 0.25) is 20.1 Å². The first-order valence-electron chi connectivity index (χ1n) is 10.1. The Morgan fingerprint density at radius 2 is 1.00 bits per heavy atom. The van der Waals surface area contributed by atoms with Gasteiger partial charge in [-0.3, -0.25) is 0 Å². The van der Waals surface area contributed by atoms with Crippen molar-refractivity contribution in [1.29, 1.82) is 0 Å². The normalized spacial score (nSPS) is 21.6. The number of nitrogens with zero attached hydrogens (tertiary/aromatic N) is 2. The molecule has 0 aliphatic carbocycles. The fraction of sp³-hybridized carbons (Fsp3) is 0.364. The summed E-state index contributed by atoms with van der Waals surface area (Å²) in [6, 6.07) is 10.7. The van der Waals surface area contributed by atoms with E-state index in [-0.39, 0.29) is 11.8 Å². The molecule has 2 aliphatic heterocycles. The van der Waals surface area contributed by atoms with Crippen molar-refractivity contribution in [2.75, 3.05) is 26.2 Å². The van der Waals surface area contributed by atoms with Crippen molar-refractivity contribution in [3.63, 3.8) is 0 Å². The van der Waals surface area contributed by atoms with Crippen molar-refractivity contribution in [2.45, 2.75) is 24.7 Å². The zero-order chi connectivity index (χ0) is 22.8. The molecule has 0 aromatic heterocycles. The molecule has 2 heterocycles. The number of rotatable bonds is 4. The molecule has 2 aromatic rings. The molecule has 10 heteroatoms. The second-order valence-electron chi connectivity index (χ2n) is 7.91.